The van der Waals surface area contributed by atoms with Gasteiger partial charge in [-0.15, -0.1) is 0 Å². The minimum atomic E-state index is 0.617. The first-order valence-corrected chi connectivity index (χ1v) is 4.29. The molecule has 0 saturated carbocycles. The maximum Gasteiger partial charge on any atom is 0.150 e. The third-order valence-corrected chi connectivity index (χ3v) is 1.98. The lowest BCUT2D eigenvalue weighted by atomic mass is 10.0. The summed E-state index contributed by atoms with van der Waals surface area (Å²) in [6.07, 6.45) is 5.21. The van der Waals surface area contributed by atoms with Gasteiger partial charge in [0.25, 0.3) is 0 Å². The summed E-state index contributed by atoms with van der Waals surface area (Å²) in [5, 5.41) is 0. The van der Waals surface area contributed by atoms with Crippen molar-refractivity contribution < 1.29 is 4.79 Å². The summed E-state index contributed by atoms with van der Waals surface area (Å²) < 4.78 is 0. The fourth-order valence-corrected chi connectivity index (χ4v) is 1.30. The van der Waals surface area contributed by atoms with E-state index in [1.807, 2.05) is 30.3 Å². The fourth-order valence-electron chi connectivity index (χ4n) is 1.30. The largest absolute Gasteiger partial charge is 0.298 e. The molecule has 2 nitrogen and oxygen atoms in total. The molecular weight excluding hydrogens is 174 g/mol. The number of hydrogen-bond acceptors (Lipinski definition) is 2. The molecule has 0 aliphatic carbocycles. The molecule has 2 heteroatoms. The zero-order valence-electron chi connectivity index (χ0n) is 7.47. The Labute approximate surface area is 82.2 Å². The van der Waals surface area contributed by atoms with Gasteiger partial charge in [0.2, 0.25) is 0 Å². The second-order valence-electron chi connectivity index (χ2n) is 2.87. The Bertz CT molecular complexity index is 437. The summed E-state index contributed by atoms with van der Waals surface area (Å²) in [4.78, 5) is 14.6. The van der Waals surface area contributed by atoms with Crippen LogP contribution in [0.25, 0.3) is 11.1 Å². The van der Waals surface area contributed by atoms with E-state index in [1.54, 1.807) is 12.3 Å². The lowest BCUT2D eigenvalue weighted by Gasteiger charge is -2.01. The van der Waals surface area contributed by atoms with Gasteiger partial charge in [0.15, 0.2) is 6.29 Å². The molecular formula is C12H8NO. The molecule has 67 valence electrons. The number of aromatic nitrogens is 1. The van der Waals surface area contributed by atoms with Gasteiger partial charge in [-0.25, -0.2) is 0 Å². The van der Waals surface area contributed by atoms with Crippen LogP contribution in [0.1, 0.15) is 10.4 Å². The third-order valence-electron chi connectivity index (χ3n) is 1.98. The van der Waals surface area contributed by atoms with Gasteiger partial charge in [0.1, 0.15) is 0 Å². The van der Waals surface area contributed by atoms with Crippen molar-refractivity contribution in [2.45, 2.75) is 0 Å². The number of pyridine rings is 1. The monoisotopic (exact) mass is 182 g/mol. The van der Waals surface area contributed by atoms with E-state index in [4.69, 9.17) is 0 Å². The van der Waals surface area contributed by atoms with Crippen LogP contribution in [0.4, 0.5) is 0 Å². The summed E-state index contributed by atoms with van der Waals surface area (Å²) in [5.74, 6) is 0. The maximum atomic E-state index is 10.8. The summed E-state index contributed by atoms with van der Waals surface area (Å²) in [6.45, 7) is 0. The Balaban J connectivity index is 2.57. The summed E-state index contributed by atoms with van der Waals surface area (Å²) in [5.41, 5.74) is 2.33. The van der Waals surface area contributed by atoms with Crippen LogP contribution in [0.3, 0.4) is 0 Å². The van der Waals surface area contributed by atoms with Crippen molar-refractivity contribution >= 4 is 6.29 Å². The van der Waals surface area contributed by atoms with Crippen LogP contribution in [-0.4, -0.2) is 11.3 Å². The van der Waals surface area contributed by atoms with Gasteiger partial charge >= 0.3 is 0 Å². The summed E-state index contributed by atoms with van der Waals surface area (Å²) >= 11 is 0. The number of carbonyl (C=O) groups is 1. The normalized spacial score (nSPS) is 9.71. The minimum absolute atomic E-state index is 0.617. The van der Waals surface area contributed by atoms with Crippen molar-refractivity contribution in [3.63, 3.8) is 0 Å². The Morgan fingerprint density at radius 1 is 1.14 bits per heavy atom. The van der Waals surface area contributed by atoms with Crippen LogP contribution in [-0.2, 0) is 0 Å². The highest BCUT2D eigenvalue weighted by atomic mass is 16.1. The number of rotatable bonds is 2. The Morgan fingerprint density at radius 3 is 2.64 bits per heavy atom. The maximum absolute atomic E-state index is 10.8. The van der Waals surface area contributed by atoms with Crippen molar-refractivity contribution in [3.05, 3.63) is 54.4 Å². The van der Waals surface area contributed by atoms with Crippen molar-refractivity contribution in [1.29, 1.82) is 0 Å². The third kappa shape index (κ3) is 1.55. The first-order chi connectivity index (χ1) is 6.92. The van der Waals surface area contributed by atoms with Gasteiger partial charge in [-0.3, -0.25) is 9.78 Å². The molecule has 0 N–H and O–H groups in total. The smallest absolute Gasteiger partial charge is 0.150 e. The van der Waals surface area contributed by atoms with Gasteiger partial charge in [0.05, 0.1) is 6.20 Å². The van der Waals surface area contributed by atoms with E-state index in [-0.39, 0.29) is 0 Å². The first kappa shape index (κ1) is 8.63. The van der Waals surface area contributed by atoms with E-state index >= 15 is 0 Å². The van der Waals surface area contributed by atoms with Gasteiger partial charge < -0.3 is 0 Å². The lowest BCUT2D eigenvalue weighted by molar-refractivity contribution is 0.112. The highest BCUT2D eigenvalue weighted by Crippen LogP contribution is 2.20. The number of benzene rings is 1. The van der Waals surface area contributed by atoms with Crippen LogP contribution < -0.4 is 0 Å². The quantitative estimate of drug-likeness (QED) is 0.667. The van der Waals surface area contributed by atoms with Gasteiger partial charge in [-0.1, -0.05) is 30.3 Å². The van der Waals surface area contributed by atoms with Crippen LogP contribution in [0.2, 0.25) is 0 Å². The molecule has 0 atom stereocenters. The van der Waals surface area contributed by atoms with Crippen molar-refractivity contribution in [3.8, 4) is 11.1 Å². The standard InChI is InChI=1S/C12H8NO/c14-9-11-6-7-13-8-12(11)10-4-2-1-3-5-10/h1-7,9H. The molecule has 0 amide bonds. The molecule has 0 aliphatic heterocycles. The molecule has 0 fully saturated rings. The zero-order chi connectivity index (χ0) is 9.80. The molecule has 0 aliphatic rings. The van der Waals surface area contributed by atoms with E-state index in [1.165, 1.54) is 0 Å². The van der Waals surface area contributed by atoms with Crippen molar-refractivity contribution in [2.75, 3.05) is 0 Å². The Kier molecular flexibility index (Phi) is 2.36. The number of carbonyl (C=O) groups excluding carboxylic acids is 1. The average Bonchev–Trinajstić information content (AvgIpc) is 2.30. The number of aldehydes is 1. The first-order valence-electron chi connectivity index (χ1n) is 4.29. The van der Waals surface area contributed by atoms with E-state index in [0.29, 0.717) is 5.56 Å². The van der Waals surface area contributed by atoms with E-state index in [0.717, 1.165) is 17.4 Å². The molecule has 14 heavy (non-hydrogen) atoms. The van der Waals surface area contributed by atoms with Crippen LogP contribution in [0.15, 0.2) is 42.6 Å². The molecule has 1 heterocycles. The summed E-state index contributed by atoms with van der Waals surface area (Å²) in [6, 6.07) is 11.3. The SMILES string of the molecule is O=Cc1ccn[c]c1-c1ccccc1. The van der Waals surface area contributed by atoms with Crippen molar-refractivity contribution in [2.24, 2.45) is 0 Å². The molecule has 1 aromatic carbocycles. The molecule has 0 saturated heterocycles. The van der Waals surface area contributed by atoms with Gasteiger partial charge in [0, 0.05) is 17.3 Å². The molecule has 0 spiro atoms. The van der Waals surface area contributed by atoms with Gasteiger partial charge in [-0.2, -0.15) is 0 Å². The zero-order valence-corrected chi connectivity index (χ0v) is 7.47. The topological polar surface area (TPSA) is 30.0 Å². The average molecular weight is 182 g/mol. The van der Waals surface area contributed by atoms with Crippen LogP contribution in [0.5, 0.6) is 0 Å². The lowest BCUT2D eigenvalue weighted by Crippen LogP contribution is -1.88. The predicted molar refractivity (Wildman–Crippen MR) is 53.9 cm³/mol. The minimum Gasteiger partial charge on any atom is -0.298 e. The summed E-state index contributed by atoms with van der Waals surface area (Å²) in [7, 11) is 0. The second-order valence-corrected chi connectivity index (χ2v) is 2.87. The molecule has 2 rings (SSSR count). The van der Waals surface area contributed by atoms with E-state index in [2.05, 4.69) is 11.2 Å². The molecule has 0 unspecified atom stereocenters. The highest BCUT2D eigenvalue weighted by molar-refractivity contribution is 5.86. The predicted octanol–water partition coefficient (Wildman–Crippen LogP) is 2.36. The molecule has 2 aromatic rings. The fraction of sp³-hybridized carbons (Fsp3) is 0. The Morgan fingerprint density at radius 2 is 1.93 bits per heavy atom. The van der Waals surface area contributed by atoms with Crippen molar-refractivity contribution in [1.82, 2.24) is 4.98 Å². The van der Waals surface area contributed by atoms with Gasteiger partial charge in [-0.05, 0) is 11.6 Å². The molecule has 1 radical (unpaired) electrons. The molecule has 0 bridgehead atoms. The Hall–Kier alpha value is -1.96. The number of hydrogen-bond donors (Lipinski definition) is 0. The van der Waals surface area contributed by atoms with E-state index in [9.17, 15) is 4.79 Å². The van der Waals surface area contributed by atoms with Crippen LogP contribution in [0, 0.1) is 6.20 Å². The van der Waals surface area contributed by atoms with Crippen LogP contribution >= 0.6 is 0 Å². The second kappa shape index (κ2) is 3.83. The number of nitrogens with zero attached hydrogens (tertiary/aromatic N) is 1. The van der Waals surface area contributed by atoms with E-state index < -0.39 is 0 Å². The highest BCUT2D eigenvalue weighted by Gasteiger charge is 2.03. The molecule has 1 aromatic heterocycles.